The maximum Gasteiger partial charge on any atom is 0.256 e. The zero-order valence-corrected chi connectivity index (χ0v) is 8.67. The van der Waals surface area contributed by atoms with Gasteiger partial charge in [-0.05, 0) is 17.5 Å². The fourth-order valence-electron chi connectivity index (χ4n) is 1.60. The van der Waals surface area contributed by atoms with Crippen molar-refractivity contribution in [3.05, 3.63) is 46.1 Å². The summed E-state index contributed by atoms with van der Waals surface area (Å²) in [6, 6.07) is 5.27. The smallest absolute Gasteiger partial charge is 0.256 e. The molecule has 0 bridgehead atoms. The number of pyridine rings is 1. The standard InChI is InChI=1S/C12H12FNO/c1-7(2)8-3-4-9-10(5-8)12(15)14-6-11(9)13/h3-7H,1-2H3,(H,14,15). The highest BCUT2D eigenvalue weighted by molar-refractivity contribution is 5.82. The van der Waals surface area contributed by atoms with E-state index in [1.165, 1.54) is 0 Å². The second-order valence-electron chi connectivity index (χ2n) is 3.93. The van der Waals surface area contributed by atoms with E-state index in [-0.39, 0.29) is 11.4 Å². The molecule has 78 valence electrons. The molecule has 0 aliphatic rings. The zero-order valence-electron chi connectivity index (χ0n) is 8.67. The summed E-state index contributed by atoms with van der Waals surface area (Å²) in [4.78, 5) is 13.9. The Kier molecular flexibility index (Phi) is 2.31. The Balaban J connectivity index is 2.82. The Hall–Kier alpha value is -1.64. The van der Waals surface area contributed by atoms with Crippen LogP contribution in [0.3, 0.4) is 0 Å². The zero-order chi connectivity index (χ0) is 11.0. The lowest BCUT2D eigenvalue weighted by atomic mass is 10.0. The number of aromatic nitrogens is 1. The van der Waals surface area contributed by atoms with Crippen LogP contribution in [0.5, 0.6) is 0 Å². The molecule has 1 heterocycles. The highest BCUT2D eigenvalue weighted by Crippen LogP contribution is 2.20. The molecule has 0 aliphatic carbocycles. The SMILES string of the molecule is CC(C)c1ccc2c(F)c[nH]c(=O)c2c1. The summed E-state index contributed by atoms with van der Waals surface area (Å²) in [7, 11) is 0. The number of halogens is 1. The van der Waals surface area contributed by atoms with Gasteiger partial charge in [-0.3, -0.25) is 4.79 Å². The molecule has 2 rings (SSSR count). The van der Waals surface area contributed by atoms with Gasteiger partial charge >= 0.3 is 0 Å². The Morgan fingerprint density at radius 2 is 2.00 bits per heavy atom. The molecular formula is C12H12FNO. The molecular weight excluding hydrogens is 193 g/mol. The van der Waals surface area contributed by atoms with Gasteiger partial charge in [-0.25, -0.2) is 4.39 Å². The van der Waals surface area contributed by atoms with Crippen LogP contribution in [0.4, 0.5) is 4.39 Å². The predicted octanol–water partition coefficient (Wildman–Crippen LogP) is 2.79. The van der Waals surface area contributed by atoms with Crippen molar-refractivity contribution in [1.82, 2.24) is 4.98 Å². The first-order valence-corrected chi connectivity index (χ1v) is 4.90. The molecule has 0 radical (unpaired) electrons. The molecule has 0 saturated carbocycles. The molecule has 1 aromatic heterocycles. The minimum atomic E-state index is -0.389. The maximum absolute atomic E-state index is 13.3. The summed E-state index contributed by atoms with van der Waals surface area (Å²) in [5, 5.41) is 0.796. The third-order valence-electron chi connectivity index (χ3n) is 2.54. The van der Waals surface area contributed by atoms with Crippen LogP contribution in [0.2, 0.25) is 0 Å². The van der Waals surface area contributed by atoms with Gasteiger partial charge in [-0.15, -0.1) is 0 Å². The van der Waals surface area contributed by atoms with Crippen molar-refractivity contribution in [1.29, 1.82) is 0 Å². The molecule has 3 heteroatoms. The first-order valence-electron chi connectivity index (χ1n) is 4.90. The van der Waals surface area contributed by atoms with Gasteiger partial charge in [0, 0.05) is 11.6 Å². The Labute approximate surface area is 86.8 Å². The van der Waals surface area contributed by atoms with Gasteiger partial charge in [0.25, 0.3) is 5.56 Å². The van der Waals surface area contributed by atoms with Crippen molar-refractivity contribution in [2.75, 3.05) is 0 Å². The molecule has 0 aliphatic heterocycles. The lowest BCUT2D eigenvalue weighted by molar-refractivity contribution is 0.633. The van der Waals surface area contributed by atoms with Crippen LogP contribution >= 0.6 is 0 Å². The fourth-order valence-corrected chi connectivity index (χ4v) is 1.60. The second-order valence-corrected chi connectivity index (χ2v) is 3.93. The maximum atomic E-state index is 13.3. The Morgan fingerprint density at radius 3 is 2.67 bits per heavy atom. The number of aromatic amines is 1. The van der Waals surface area contributed by atoms with E-state index < -0.39 is 0 Å². The summed E-state index contributed by atoms with van der Waals surface area (Å²) in [6.07, 6.45) is 1.10. The number of nitrogens with one attached hydrogen (secondary N) is 1. The number of benzene rings is 1. The topological polar surface area (TPSA) is 32.9 Å². The van der Waals surface area contributed by atoms with Crippen LogP contribution in [-0.2, 0) is 0 Å². The Bertz CT molecular complexity index is 557. The van der Waals surface area contributed by atoms with Gasteiger partial charge in [0.2, 0.25) is 0 Å². The fraction of sp³-hybridized carbons (Fsp3) is 0.250. The minimum absolute atomic E-state index is 0.242. The molecule has 2 aromatic rings. The predicted molar refractivity (Wildman–Crippen MR) is 58.6 cm³/mol. The molecule has 0 atom stereocenters. The van der Waals surface area contributed by atoms with Crippen molar-refractivity contribution in [3.8, 4) is 0 Å². The molecule has 1 aromatic carbocycles. The van der Waals surface area contributed by atoms with Gasteiger partial charge < -0.3 is 4.98 Å². The largest absolute Gasteiger partial charge is 0.326 e. The molecule has 0 spiro atoms. The average Bonchev–Trinajstić information content (AvgIpc) is 2.23. The van der Waals surface area contributed by atoms with Gasteiger partial charge in [0.05, 0.1) is 5.39 Å². The van der Waals surface area contributed by atoms with Crippen molar-refractivity contribution in [2.45, 2.75) is 19.8 Å². The third-order valence-corrected chi connectivity index (χ3v) is 2.54. The highest BCUT2D eigenvalue weighted by Gasteiger charge is 2.06. The highest BCUT2D eigenvalue weighted by atomic mass is 19.1. The van der Waals surface area contributed by atoms with Crippen LogP contribution < -0.4 is 5.56 Å². The van der Waals surface area contributed by atoms with Crippen LogP contribution in [-0.4, -0.2) is 4.98 Å². The van der Waals surface area contributed by atoms with Crippen molar-refractivity contribution < 1.29 is 4.39 Å². The van der Waals surface area contributed by atoms with Crippen LogP contribution in [0.1, 0.15) is 25.3 Å². The summed E-state index contributed by atoms with van der Waals surface area (Å²) >= 11 is 0. The van der Waals surface area contributed by atoms with E-state index in [2.05, 4.69) is 4.98 Å². The quantitative estimate of drug-likeness (QED) is 0.762. The number of H-pyrrole nitrogens is 1. The van der Waals surface area contributed by atoms with E-state index >= 15 is 0 Å². The second kappa shape index (κ2) is 3.50. The van der Waals surface area contributed by atoms with Crippen LogP contribution in [0, 0.1) is 5.82 Å². The monoisotopic (exact) mass is 205 g/mol. The van der Waals surface area contributed by atoms with Crippen LogP contribution in [0.15, 0.2) is 29.2 Å². The Morgan fingerprint density at radius 1 is 1.27 bits per heavy atom. The number of hydrogen-bond acceptors (Lipinski definition) is 1. The van der Waals surface area contributed by atoms with E-state index in [1.807, 2.05) is 19.9 Å². The molecule has 0 amide bonds. The van der Waals surface area contributed by atoms with Gasteiger partial charge in [-0.1, -0.05) is 26.0 Å². The summed E-state index contributed by atoms with van der Waals surface area (Å²) < 4.78 is 13.3. The normalized spacial score (nSPS) is 11.2. The lowest BCUT2D eigenvalue weighted by Crippen LogP contribution is -2.07. The van der Waals surface area contributed by atoms with E-state index in [1.54, 1.807) is 12.1 Å². The molecule has 0 saturated heterocycles. The van der Waals surface area contributed by atoms with E-state index in [9.17, 15) is 9.18 Å². The van der Waals surface area contributed by atoms with E-state index in [0.717, 1.165) is 11.8 Å². The summed E-state index contributed by atoms with van der Waals surface area (Å²) in [5.41, 5.74) is 0.799. The van der Waals surface area contributed by atoms with Crippen molar-refractivity contribution in [2.24, 2.45) is 0 Å². The molecule has 2 nitrogen and oxygen atoms in total. The third kappa shape index (κ3) is 1.65. The minimum Gasteiger partial charge on any atom is -0.326 e. The molecule has 15 heavy (non-hydrogen) atoms. The van der Waals surface area contributed by atoms with Gasteiger partial charge in [0.15, 0.2) is 0 Å². The summed E-state index contributed by atoms with van der Waals surface area (Å²) in [6.45, 7) is 4.07. The number of hydrogen-bond donors (Lipinski definition) is 1. The molecule has 1 N–H and O–H groups in total. The van der Waals surface area contributed by atoms with Gasteiger partial charge in [0.1, 0.15) is 5.82 Å². The van der Waals surface area contributed by atoms with Gasteiger partial charge in [-0.2, -0.15) is 0 Å². The number of rotatable bonds is 1. The van der Waals surface area contributed by atoms with E-state index in [0.29, 0.717) is 16.7 Å². The van der Waals surface area contributed by atoms with Crippen molar-refractivity contribution in [3.63, 3.8) is 0 Å². The first kappa shape index (κ1) is 9.90. The first-order chi connectivity index (χ1) is 7.09. The summed E-state index contributed by atoms with van der Waals surface area (Å²) in [5.74, 6) is -0.0584. The molecule has 0 fully saturated rings. The lowest BCUT2D eigenvalue weighted by Gasteiger charge is -2.06. The molecule has 0 unspecified atom stereocenters. The average molecular weight is 205 g/mol. The number of fused-ring (bicyclic) bond motifs is 1. The van der Waals surface area contributed by atoms with Crippen LogP contribution in [0.25, 0.3) is 10.8 Å². The van der Waals surface area contributed by atoms with Crippen molar-refractivity contribution >= 4 is 10.8 Å². The van der Waals surface area contributed by atoms with E-state index in [4.69, 9.17) is 0 Å².